The molecule has 8 heteroatoms. The van der Waals surface area contributed by atoms with Crippen molar-refractivity contribution in [2.75, 3.05) is 13.6 Å². The maximum absolute atomic E-state index is 14.0. The summed E-state index contributed by atoms with van der Waals surface area (Å²) in [5, 5.41) is 13.3. The number of nitrogens with one attached hydrogen (secondary N) is 3. The van der Waals surface area contributed by atoms with Gasteiger partial charge in [-0.05, 0) is 63.1 Å². The van der Waals surface area contributed by atoms with Gasteiger partial charge in [0.2, 0.25) is 11.8 Å². The maximum Gasteiger partial charge on any atom is 0.245 e. The van der Waals surface area contributed by atoms with E-state index in [1.807, 2.05) is 31.3 Å². The molecule has 1 aromatic carbocycles. The molecule has 1 aliphatic carbocycles. The number of benzene rings is 1. The summed E-state index contributed by atoms with van der Waals surface area (Å²) in [6.07, 6.45) is 9.28. The van der Waals surface area contributed by atoms with Crippen molar-refractivity contribution in [1.82, 2.24) is 25.8 Å². The molecule has 2 fully saturated rings. The molecule has 1 saturated heterocycles. The second-order valence-corrected chi connectivity index (χ2v) is 11.3. The Morgan fingerprint density at radius 3 is 2.72 bits per heavy atom. The van der Waals surface area contributed by atoms with Crippen molar-refractivity contribution in [3.63, 3.8) is 0 Å². The smallest absolute Gasteiger partial charge is 0.245 e. The van der Waals surface area contributed by atoms with Crippen LogP contribution in [0.15, 0.2) is 41.9 Å². The minimum absolute atomic E-state index is 0.0891. The van der Waals surface area contributed by atoms with Crippen LogP contribution < -0.4 is 16.0 Å². The molecule has 3 heterocycles. The maximum atomic E-state index is 14.0. The van der Waals surface area contributed by atoms with Crippen LogP contribution in [-0.2, 0) is 9.59 Å². The van der Waals surface area contributed by atoms with E-state index in [9.17, 15) is 9.59 Å². The van der Waals surface area contributed by atoms with Crippen LogP contribution in [0.5, 0.6) is 0 Å². The lowest BCUT2D eigenvalue weighted by atomic mass is 9.83. The van der Waals surface area contributed by atoms with E-state index in [1.165, 1.54) is 6.42 Å². The normalized spacial score (nSPS) is 24.3. The molecule has 7 nitrogen and oxygen atoms in total. The molecule has 5 rings (SSSR count). The number of amides is 2. The first-order valence-electron chi connectivity index (χ1n) is 13.3. The standard InChI is InChI=1S/C28H37N5O2S/c1-18(29-2)26(34)32-25(19-9-4-3-5-10-19)28(35)33-16-8-13-24(33)27-31-23(17-36-27)21-14-15-30-22-12-7-6-11-20(21)22/h6-7,11-12,14-15,17-19,24-25,27,29,31H,3-5,8-10,13,16H2,1-2H3,(H,32,34)/t18-,24-,25?,27?/m0/s1. The fourth-order valence-electron chi connectivity index (χ4n) is 5.84. The first-order valence-corrected chi connectivity index (χ1v) is 14.3. The Morgan fingerprint density at radius 2 is 1.92 bits per heavy atom. The number of hydrogen-bond donors (Lipinski definition) is 3. The van der Waals surface area contributed by atoms with Gasteiger partial charge < -0.3 is 20.9 Å². The van der Waals surface area contributed by atoms with Gasteiger partial charge in [-0.2, -0.15) is 0 Å². The van der Waals surface area contributed by atoms with Gasteiger partial charge in [0, 0.05) is 29.4 Å². The third-order valence-corrected chi connectivity index (χ3v) is 9.11. The third kappa shape index (κ3) is 5.11. The number of thioether (sulfide) groups is 1. The lowest BCUT2D eigenvalue weighted by Crippen LogP contribution is -2.58. The van der Waals surface area contributed by atoms with Crippen LogP contribution in [0.3, 0.4) is 0 Å². The van der Waals surface area contributed by atoms with Gasteiger partial charge in [-0.1, -0.05) is 37.5 Å². The molecule has 3 N–H and O–H groups in total. The SMILES string of the molecule is CN[C@@H](C)C(=O)NC(C(=O)N1CCC[C@H]1C1NC(c2ccnc3ccccc23)=CS1)C1CCCCC1. The fourth-order valence-corrected chi connectivity index (χ4v) is 6.98. The van der Waals surface area contributed by atoms with Crippen LogP contribution in [0.1, 0.15) is 57.4 Å². The Bertz CT molecular complexity index is 1130. The number of hydrogen-bond acceptors (Lipinski definition) is 6. The Labute approximate surface area is 217 Å². The quantitative estimate of drug-likeness (QED) is 0.528. The Hall–Kier alpha value is -2.58. The summed E-state index contributed by atoms with van der Waals surface area (Å²) in [5.41, 5.74) is 3.20. The molecule has 36 heavy (non-hydrogen) atoms. The van der Waals surface area contributed by atoms with E-state index in [0.29, 0.717) is 0 Å². The summed E-state index contributed by atoms with van der Waals surface area (Å²) in [5.74, 6) is 0.201. The first-order chi connectivity index (χ1) is 17.6. The van der Waals surface area contributed by atoms with Crippen molar-refractivity contribution in [2.45, 2.75) is 75.4 Å². The van der Waals surface area contributed by atoms with Crippen molar-refractivity contribution in [3.8, 4) is 0 Å². The number of carbonyl (C=O) groups excluding carboxylic acids is 2. The predicted molar refractivity (Wildman–Crippen MR) is 146 cm³/mol. The van der Waals surface area contributed by atoms with Crippen LogP contribution in [0.25, 0.3) is 16.6 Å². The number of rotatable bonds is 7. The molecule has 1 saturated carbocycles. The zero-order valence-corrected chi connectivity index (χ0v) is 22.0. The topological polar surface area (TPSA) is 86.4 Å². The highest BCUT2D eigenvalue weighted by molar-refractivity contribution is 8.03. The molecule has 2 aliphatic heterocycles. The van der Waals surface area contributed by atoms with Gasteiger partial charge in [-0.25, -0.2) is 0 Å². The number of para-hydroxylation sites is 1. The largest absolute Gasteiger partial charge is 0.370 e. The van der Waals surface area contributed by atoms with E-state index in [4.69, 9.17) is 0 Å². The Kier molecular flexibility index (Phi) is 7.82. The van der Waals surface area contributed by atoms with E-state index >= 15 is 0 Å². The van der Waals surface area contributed by atoms with Gasteiger partial charge in [0.25, 0.3) is 0 Å². The predicted octanol–water partition coefficient (Wildman–Crippen LogP) is 3.86. The van der Waals surface area contributed by atoms with Gasteiger partial charge in [-0.15, -0.1) is 11.8 Å². The Balaban J connectivity index is 1.32. The van der Waals surface area contributed by atoms with Gasteiger partial charge in [0.15, 0.2) is 0 Å². The molecule has 1 aromatic heterocycles. The molecule has 2 aromatic rings. The van der Waals surface area contributed by atoms with E-state index in [2.05, 4.69) is 43.4 Å². The number of likely N-dealkylation sites (tertiary alicyclic amines) is 1. The summed E-state index contributed by atoms with van der Waals surface area (Å²) in [4.78, 5) is 33.4. The highest BCUT2D eigenvalue weighted by Crippen LogP contribution is 2.37. The average molecular weight is 508 g/mol. The van der Waals surface area contributed by atoms with Crippen LogP contribution in [0.4, 0.5) is 0 Å². The second-order valence-electron chi connectivity index (χ2n) is 10.2. The number of pyridine rings is 1. The summed E-state index contributed by atoms with van der Waals surface area (Å²) in [6, 6.07) is 9.56. The summed E-state index contributed by atoms with van der Waals surface area (Å²) in [6.45, 7) is 2.59. The minimum Gasteiger partial charge on any atom is -0.370 e. The number of fused-ring (bicyclic) bond motifs is 1. The highest BCUT2D eigenvalue weighted by Gasteiger charge is 2.42. The fraction of sp³-hybridized carbons (Fsp3) is 0.536. The van der Waals surface area contributed by atoms with Crippen molar-refractivity contribution >= 4 is 40.2 Å². The molecule has 3 aliphatic rings. The Morgan fingerprint density at radius 1 is 1.11 bits per heavy atom. The first kappa shape index (κ1) is 25.1. The summed E-state index contributed by atoms with van der Waals surface area (Å²) >= 11 is 1.76. The number of carbonyl (C=O) groups is 2. The molecule has 0 spiro atoms. The van der Waals surface area contributed by atoms with Crippen LogP contribution in [0.2, 0.25) is 0 Å². The molecule has 192 valence electrons. The van der Waals surface area contributed by atoms with Crippen molar-refractivity contribution in [1.29, 1.82) is 0 Å². The monoisotopic (exact) mass is 507 g/mol. The lowest BCUT2D eigenvalue weighted by molar-refractivity contribution is -0.139. The summed E-state index contributed by atoms with van der Waals surface area (Å²) < 4.78 is 0. The van der Waals surface area contributed by atoms with Gasteiger partial charge in [0.1, 0.15) is 6.04 Å². The average Bonchev–Trinajstić information content (AvgIpc) is 3.61. The van der Waals surface area contributed by atoms with E-state index < -0.39 is 6.04 Å². The molecule has 0 radical (unpaired) electrons. The second kappa shape index (κ2) is 11.2. The van der Waals surface area contributed by atoms with Crippen molar-refractivity contribution < 1.29 is 9.59 Å². The molecule has 2 amide bonds. The van der Waals surface area contributed by atoms with E-state index in [1.54, 1.807) is 18.8 Å². The molecule has 0 bridgehead atoms. The minimum atomic E-state index is -0.447. The zero-order valence-electron chi connectivity index (χ0n) is 21.2. The third-order valence-electron chi connectivity index (χ3n) is 8.01. The highest BCUT2D eigenvalue weighted by atomic mass is 32.2. The number of nitrogens with zero attached hydrogens (tertiary/aromatic N) is 2. The molecular weight excluding hydrogens is 470 g/mol. The van der Waals surface area contributed by atoms with Crippen LogP contribution in [0, 0.1) is 5.92 Å². The van der Waals surface area contributed by atoms with E-state index in [-0.39, 0.29) is 35.2 Å². The van der Waals surface area contributed by atoms with Crippen molar-refractivity contribution in [3.05, 3.63) is 47.5 Å². The van der Waals surface area contributed by atoms with E-state index in [0.717, 1.165) is 67.2 Å². The molecule has 4 atom stereocenters. The number of aromatic nitrogens is 1. The van der Waals surface area contributed by atoms with Crippen LogP contribution >= 0.6 is 11.8 Å². The van der Waals surface area contributed by atoms with Crippen molar-refractivity contribution in [2.24, 2.45) is 5.92 Å². The van der Waals surface area contributed by atoms with Gasteiger partial charge in [0.05, 0.1) is 23.0 Å². The molecule has 2 unspecified atom stereocenters. The molecular formula is C28H37N5O2S. The zero-order chi connectivity index (χ0) is 25.1. The number of likely N-dealkylation sites (N-methyl/N-ethyl adjacent to an activating group) is 1. The van der Waals surface area contributed by atoms with Gasteiger partial charge in [-0.3, -0.25) is 14.6 Å². The lowest BCUT2D eigenvalue weighted by Gasteiger charge is -2.37. The van der Waals surface area contributed by atoms with Crippen LogP contribution in [-0.4, -0.2) is 58.8 Å². The summed E-state index contributed by atoms with van der Waals surface area (Å²) in [7, 11) is 1.78. The van der Waals surface area contributed by atoms with Gasteiger partial charge >= 0.3 is 0 Å².